The van der Waals surface area contributed by atoms with Crippen LogP contribution in [0.2, 0.25) is 0 Å². The first-order valence-corrected chi connectivity index (χ1v) is 11.1. The Labute approximate surface area is 207 Å². The summed E-state index contributed by atoms with van der Waals surface area (Å²) in [5, 5.41) is 4.75. The van der Waals surface area contributed by atoms with E-state index < -0.39 is 40.4 Å². The molecule has 2 aromatic heterocycles. The van der Waals surface area contributed by atoms with Crippen LogP contribution >= 0.6 is 0 Å². The molecular formula is C25H21F5N4O3. The molecule has 37 heavy (non-hydrogen) atoms. The van der Waals surface area contributed by atoms with Gasteiger partial charge in [0, 0.05) is 37.4 Å². The van der Waals surface area contributed by atoms with Gasteiger partial charge in [-0.1, -0.05) is 6.07 Å². The third-order valence-corrected chi connectivity index (χ3v) is 6.18. The van der Waals surface area contributed by atoms with Crippen LogP contribution < -0.4 is 16.2 Å². The predicted molar refractivity (Wildman–Crippen MR) is 123 cm³/mol. The minimum atomic E-state index is -4.84. The molecule has 0 bridgehead atoms. The summed E-state index contributed by atoms with van der Waals surface area (Å²) in [6.45, 7) is -0.333. The van der Waals surface area contributed by atoms with E-state index in [1.807, 2.05) is 0 Å². The van der Waals surface area contributed by atoms with Crippen molar-refractivity contribution in [1.29, 1.82) is 0 Å². The second kappa shape index (κ2) is 9.75. The number of carbonyl (C=O) groups is 2. The molecule has 2 N–H and O–H groups in total. The van der Waals surface area contributed by atoms with E-state index in [-0.39, 0.29) is 41.3 Å². The molecule has 1 fully saturated rings. The van der Waals surface area contributed by atoms with Gasteiger partial charge in [0.05, 0.1) is 40.8 Å². The van der Waals surface area contributed by atoms with Gasteiger partial charge in [-0.25, -0.2) is 8.78 Å². The maximum atomic E-state index is 14.6. The molecule has 1 aliphatic rings. The van der Waals surface area contributed by atoms with Gasteiger partial charge in [0.1, 0.15) is 11.6 Å². The summed E-state index contributed by atoms with van der Waals surface area (Å²) in [5.41, 5.74) is -3.67. The lowest BCUT2D eigenvalue weighted by Crippen LogP contribution is -2.33. The molecule has 4 rings (SSSR count). The van der Waals surface area contributed by atoms with Crippen LogP contribution in [0.3, 0.4) is 0 Å². The zero-order valence-corrected chi connectivity index (χ0v) is 19.5. The number of ketones is 1. The number of para-hydroxylation sites is 1. The molecule has 0 atom stereocenters. The van der Waals surface area contributed by atoms with Crippen molar-refractivity contribution in [3.8, 4) is 0 Å². The Morgan fingerprint density at radius 1 is 1.11 bits per heavy atom. The molecular weight excluding hydrogens is 499 g/mol. The number of alkyl halides is 3. The van der Waals surface area contributed by atoms with Crippen molar-refractivity contribution in [3.05, 3.63) is 87.6 Å². The molecule has 3 aromatic rings. The van der Waals surface area contributed by atoms with E-state index in [0.29, 0.717) is 18.9 Å². The van der Waals surface area contributed by atoms with Crippen LogP contribution in [0.5, 0.6) is 0 Å². The van der Waals surface area contributed by atoms with E-state index >= 15 is 0 Å². The highest BCUT2D eigenvalue weighted by atomic mass is 19.4. The maximum absolute atomic E-state index is 14.6. The molecule has 0 radical (unpaired) electrons. The van der Waals surface area contributed by atoms with Crippen LogP contribution in [0.15, 0.2) is 53.6 Å². The van der Waals surface area contributed by atoms with Crippen molar-refractivity contribution in [2.75, 3.05) is 5.32 Å². The molecule has 1 saturated carbocycles. The number of carbonyl (C=O) groups excluding carboxylic acids is 2. The lowest BCUT2D eigenvalue weighted by molar-refractivity contribution is -0.137. The van der Waals surface area contributed by atoms with Crippen LogP contribution in [-0.2, 0) is 24.6 Å². The predicted octanol–water partition coefficient (Wildman–Crippen LogP) is 4.49. The van der Waals surface area contributed by atoms with Gasteiger partial charge in [-0.15, -0.1) is 0 Å². The molecule has 0 spiro atoms. The summed E-state index contributed by atoms with van der Waals surface area (Å²) < 4.78 is 69.5. The highest BCUT2D eigenvalue weighted by Gasteiger charge is 2.51. The molecule has 1 aliphatic carbocycles. The largest absolute Gasteiger partial charge is 0.418 e. The number of aromatic nitrogens is 2. The fourth-order valence-electron chi connectivity index (χ4n) is 3.81. The molecule has 2 heterocycles. The standard InChI is InChI=1S/C25H21F5N4O3/c1-34-8-5-14(9-21(34)36)20(35)11-24(6-7-24)23(37)32-13-19-18(27)10-15(12-31-19)33-22-16(25(28,29)30)3-2-4-17(22)26/h2-5,8-10,12,33H,6-7,11,13H2,1H3,(H,32,37). The summed E-state index contributed by atoms with van der Waals surface area (Å²) in [6, 6.07) is 5.97. The van der Waals surface area contributed by atoms with E-state index in [4.69, 9.17) is 0 Å². The van der Waals surface area contributed by atoms with Gasteiger partial charge in [0.25, 0.3) is 5.56 Å². The Morgan fingerprint density at radius 2 is 1.84 bits per heavy atom. The highest BCUT2D eigenvalue weighted by Crippen LogP contribution is 2.49. The summed E-state index contributed by atoms with van der Waals surface area (Å²) in [4.78, 5) is 40.9. The SMILES string of the molecule is Cn1ccc(C(=O)CC2(C(=O)NCc3ncc(Nc4c(F)cccc4C(F)(F)F)cc3F)CC2)cc1=O. The average Bonchev–Trinajstić information content (AvgIpc) is 3.61. The van der Waals surface area contributed by atoms with Gasteiger partial charge < -0.3 is 15.2 Å². The summed E-state index contributed by atoms with van der Waals surface area (Å²) in [6.07, 6.45) is -1.59. The number of nitrogens with one attached hydrogen (secondary N) is 2. The first kappa shape index (κ1) is 26.0. The third-order valence-electron chi connectivity index (χ3n) is 6.18. The van der Waals surface area contributed by atoms with E-state index in [0.717, 1.165) is 24.4 Å². The van der Waals surface area contributed by atoms with Crippen molar-refractivity contribution >= 4 is 23.1 Å². The van der Waals surface area contributed by atoms with Gasteiger partial charge in [0.2, 0.25) is 5.91 Å². The number of benzene rings is 1. The van der Waals surface area contributed by atoms with Crippen molar-refractivity contribution < 1.29 is 31.5 Å². The van der Waals surface area contributed by atoms with Crippen LogP contribution in [0.4, 0.5) is 33.3 Å². The number of hydrogen-bond donors (Lipinski definition) is 2. The number of Topliss-reactive ketones (excluding diaryl/α,β-unsaturated/α-hetero) is 1. The number of pyridine rings is 2. The van der Waals surface area contributed by atoms with Crippen molar-refractivity contribution in [1.82, 2.24) is 14.9 Å². The van der Waals surface area contributed by atoms with E-state index in [2.05, 4.69) is 15.6 Å². The number of nitrogens with zero attached hydrogens (tertiary/aromatic N) is 2. The van der Waals surface area contributed by atoms with Gasteiger partial charge in [-0.2, -0.15) is 13.2 Å². The van der Waals surface area contributed by atoms with Gasteiger partial charge in [-0.05, 0) is 31.0 Å². The molecule has 1 amide bonds. The average molecular weight is 520 g/mol. The van der Waals surface area contributed by atoms with Crippen LogP contribution in [0.1, 0.15) is 40.9 Å². The minimum Gasteiger partial charge on any atom is -0.351 e. The molecule has 7 nitrogen and oxygen atoms in total. The molecule has 12 heteroatoms. The summed E-state index contributed by atoms with van der Waals surface area (Å²) in [7, 11) is 1.54. The number of hydrogen-bond acceptors (Lipinski definition) is 5. The molecule has 0 aliphatic heterocycles. The Balaban J connectivity index is 1.41. The smallest absolute Gasteiger partial charge is 0.351 e. The zero-order chi connectivity index (χ0) is 27.0. The van der Waals surface area contributed by atoms with Crippen LogP contribution in [-0.4, -0.2) is 21.2 Å². The fourth-order valence-corrected chi connectivity index (χ4v) is 3.81. The summed E-state index contributed by atoms with van der Waals surface area (Å²) in [5.74, 6) is -2.95. The Kier molecular flexibility index (Phi) is 6.85. The second-order valence-electron chi connectivity index (χ2n) is 8.87. The Morgan fingerprint density at radius 3 is 2.46 bits per heavy atom. The Bertz CT molecular complexity index is 1430. The van der Waals surface area contributed by atoms with Gasteiger partial charge in [-0.3, -0.25) is 19.4 Å². The quantitative estimate of drug-likeness (QED) is 0.337. The first-order chi connectivity index (χ1) is 17.4. The van der Waals surface area contributed by atoms with Crippen molar-refractivity contribution in [3.63, 3.8) is 0 Å². The minimum absolute atomic E-state index is 0.116. The fraction of sp³-hybridized carbons (Fsp3) is 0.280. The molecule has 1 aromatic carbocycles. The third kappa shape index (κ3) is 5.68. The number of amides is 1. The van der Waals surface area contributed by atoms with Crippen LogP contribution in [0.25, 0.3) is 0 Å². The normalized spacial score (nSPS) is 14.2. The Hall–Kier alpha value is -4.09. The zero-order valence-electron chi connectivity index (χ0n) is 19.5. The number of aryl methyl sites for hydroxylation is 1. The van der Waals surface area contributed by atoms with E-state index in [9.17, 15) is 36.3 Å². The highest BCUT2D eigenvalue weighted by molar-refractivity contribution is 6.00. The van der Waals surface area contributed by atoms with E-state index in [1.54, 1.807) is 7.05 Å². The first-order valence-electron chi connectivity index (χ1n) is 11.1. The lowest BCUT2D eigenvalue weighted by atomic mass is 9.95. The van der Waals surface area contributed by atoms with Crippen molar-refractivity contribution in [2.45, 2.75) is 32.0 Å². The van der Waals surface area contributed by atoms with Crippen molar-refractivity contribution in [2.24, 2.45) is 12.5 Å². The second-order valence-corrected chi connectivity index (χ2v) is 8.87. The molecule has 0 saturated heterocycles. The molecule has 0 unspecified atom stereocenters. The molecule has 194 valence electrons. The number of halogens is 5. The topological polar surface area (TPSA) is 93.1 Å². The van der Waals surface area contributed by atoms with Gasteiger partial charge in [0.15, 0.2) is 5.78 Å². The monoisotopic (exact) mass is 520 g/mol. The number of rotatable bonds is 8. The van der Waals surface area contributed by atoms with E-state index in [1.165, 1.54) is 22.9 Å². The summed E-state index contributed by atoms with van der Waals surface area (Å²) >= 11 is 0. The number of anilines is 2. The van der Waals surface area contributed by atoms with Crippen LogP contribution in [0, 0.1) is 17.0 Å². The van der Waals surface area contributed by atoms with Gasteiger partial charge >= 0.3 is 6.18 Å². The maximum Gasteiger partial charge on any atom is 0.418 e. The lowest BCUT2D eigenvalue weighted by Gasteiger charge is -2.16.